The number of sulfonamides is 1. The molecule has 154 valence electrons. The Kier molecular flexibility index (Phi) is 5.82. The first-order valence-electron chi connectivity index (χ1n) is 9.52. The van der Waals surface area contributed by atoms with Crippen LogP contribution in [0.1, 0.15) is 58.1 Å². The highest BCUT2D eigenvalue weighted by atomic mass is 32.2. The van der Waals surface area contributed by atoms with E-state index in [0.29, 0.717) is 42.7 Å². The Balaban J connectivity index is 1.69. The molecule has 2 aromatic rings. The normalized spacial score (nSPS) is 20.9. The van der Waals surface area contributed by atoms with Crippen molar-refractivity contribution in [2.75, 3.05) is 7.11 Å². The first-order valence-corrected chi connectivity index (χ1v) is 11.0. The number of hydrogen-bond donors (Lipinski definition) is 2. The standard InChI is InChI=1S/C20H28FN3O3S/c1-20(2,3)28(25,26)24-15-10-8-13(9-11-15)18-17(21)19(23-22-18)14-6-5-7-16(12-14)27-4/h5-7,12-13,15,24H,8-11H2,1-4H3,(H,22,23). The largest absolute Gasteiger partial charge is 0.497 e. The van der Waals surface area contributed by atoms with Gasteiger partial charge in [-0.15, -0.1) is 0 Å². The van der Waals surface area contributed by atoms with E-state index in [1.165, 1.54) is 0 Å². The first-order chi connectivity index (χ1) is 13.1. The molecule has 0 unspecified atom stereocenters. The molecule has 1 aromatic heterocycles. The zero-order chi connectivity index (χ0) is 20.5. The molecular formula is C20H28FN3O3S. The van der Waals surface area contributed by atoms with Crippen molar-refractivity contribution in [3.05, 3.63) is 35.8 Å². The van der Waals surface area contributed by atoms with Crippen LogP contribution >= 0.6 is 0 Å². The maximum Gasteiger partial charge on any atom is 0.216 e. The molecule has 1 aromatic carbocycles. The van der Waals surface area contributed by atoms with Crippen molar-refractivity contribution in [3.8, 4) is 17.0 Å². The highest BCUT2D eigenvalue weighted by molar-refractivity contribution is 7.90. The van der Waals surface area contributed by atoms with Crippen LogP contribution in [0.25, 0.3) is 11.3 Å². The second-order valence-electron chi connectivity index (χ2n) is 8.31. The number of ether oxygens (including phenoxy) is 1. The maximum atomic E-state index is 15.0. The predicted octanol–water partition coefficient (Wildman–Crippen LogP) is 3.97. The monoisotopic (exact) mass is 409 g/mol. The quantitative estimate of drug-likeness (QED) is 0.783. The summed E-state index contributed by atoms with van der Waals surface area (Å²) < 4.78 is 46.9. The fraction of sp³-hybridized carbons (Fsp3) is 0.550. The number of aromatic nitrogens is 2. The smallest absolute Gasteiger partial charge is 0.216 e. The Morgan fingerprint density at radius 1 is 1.21 bits per heavy atom. The topological polar surface area (TPSA) is 84.1 Å². The van der Waals surface area contributed by atoms with Gasteiger partial charge in [-0.3, -0.25) is 5.10 Å². The van der Waals surface area contributed by atoms with Crippen molar-refractivity contribution >= 4 is 10.0 Å². The molecule has 0 amide bonds. The number of benzene rings is 1. The number of methoxy groups -OCH3 is 1. The number of nitrogens with one attached hydrogen (secondary N) is 2. The van der Waals surface area contributed by atoms with Crippen LogP contribution in [-0.4, -0.2) is 36.5 Å². The van der Waals surface area contributed by atoms with Gasteiger partial charge in [0.1, 0.15) is 11.4 Å². The van der Waals surface area contributed by atoms with Gasteiger partial charge < -0.3 is 4.74 Å². The molecule has 0 saturated heterocycles. The van der Waals surface area contributed by atoms with E-state index < -0.39 is 14.8 Å². The van der Waals surface area contributed by atoms with Gasteiger partial charge in [0, 0.05) is 17.5 Å². The molecule has 0 atom stereocenters. The number of hydrogen-bond acceptors (Lipinski definition) is 4. The van der Waals surface area contributed by atoms with E-state index in [2.05, 4.69) is 14.9 Å². The highest BCUT2D eigenvalue weighted by Gasteiger charge is 2.34. The molecule has 28 heavy (non-hydrogen) atoms. The maximum absolute atomic E-state index is 15.0. The molecule has 1 heterocycles. The lowest BCUT2D eigenvalue weighted by Crippen LogP contribution is -2.45. The van der Waals surface area contributed by atoms with Crippen molar-refractivity contribution in [1.29, 1.82) is 0 Å². The Bertz CT molecular complexity index is 926. The molecule has 1 fully saturated rings. The van der Waals surface area contributed by atoms with Crippen molar-refractivity contribution in [2.45, 2.75) is 63.2 Å². The minimum atomic E-state index is -3.38. The molecule has 6 nitrogen and oxygen atoms in total. The summed E-state index contributed by atoms with van der Waals surface area (Å²) >= 11 is 0. The average molecular weight is 410 g/mol. The number of rotatable bonds is 5. The van der Waals surface area contributed by atoms with Crippen LogP contribution in [0.15, 0.2) is 24.3 Å². The van der Waals surface area contributed by atoms with E-state index in [9.17, 15) is 8.42 Å². The van der Waals surface area contributed by atoms with Crippen LogP contribution in [0.5, 0.6) is 5.75 Å². The fourth-order valence-corrected chi connectivity index (χ4v) is 4.50. The Hall–Kier alpha value is -1.93. The van der Waals surface area contributed by atoms with Gasteiger partial charge in [-0.05, 0) is 58.6 Å². The third-order valence-corrected chi connectivity index (χ3v) is 7.60. The zero-order valence-corrected chi connectivity index (χ0v) is 17.6. The second-order valence-corrected chi connectivity index (χ2v) is 10.8. The molecule has 0 radical (unpaired) electrons. The summed E-state index contributed by atoms with van der Waals surface area (Å²) in [6, 6.07) is 7.04. The average Bonchev–Trinajstić information content (AvgIpc) is 3.02. The van der Waals surface area contributed by atoms with Crippen LogP contribution in [0.4, 0.5) is 4.39 Å². The Labute approximate surface area is 165 Å². The van der Waals surface area contributed by atoms with E-state index in [1.54, 1.807) is 52.1 Å². The number of H-pyrrole nitrogens is 1. The minimum absolute atomic E-state index is 0.00208. The van der Waals surface area contributed by atoms with Crippen molar-refractivity contribution in [2.24, 2.45) is 0 Å². The van der Waals surface area contributed by atoms with E-state index in [1.807, 2.05) is 0 Å². The first kappa shape index (κ1) is 20.8. The third kappa shape index (κ3) is 4.22. The highest BCUT2D eigenvalue weighted by Crippen LogP contribution is 2.36. The summed E-state index contributed by atoms with van der Waals surface area (Å²) in [7, 11) is -1.82. The molecular weight excluding hydrogens is 381 g/mol. The van der Waals surface area contributed by atoms with Crippen LogP contribution in [-0.2, 0) is 10.0 Å². The Morgan fingerprint density at radius 2 is 1.89 bits per heavy atom. The zero-order valence-electron chi connectivity index (χ0n) is 16.8. The van der Waals surface area contributed by atoms with Crippen molar-refractivity contribution < 1.29 is 17.5 Å². The minimum Gasteiger partial charge on any atom is -0.497 e. The molecule has 0 bridgehead atoms. The molecule has 8 heteroatoms. The lowest BCUT2D eigenvalue weighted by molar-refractivity contribution is 0.360. The van der Waals surface area contributed by atoms with E-state index in [-0.39, 0.29) is 23.5 Å². The second kappa shape index (κ2) is 7.83. The van der Waals surface area contributed by atoms with Gasteiger partial charge in [0.25, 0.3) is 0 Å². The van der Waals surface area contributed by atoms with Gasteiger partial charge in [0.05, 0.1) is 17.6 Å². The molecule has 2 N–H and O–H groups in total. The number of nitrogens with zero attached hydrogens (tertiary/aromatic N) is 1. The number of halogens is 1. The molecule has 1 saturated carbocycles. The van der Waals surface area contributed by atoms with Gasteiger partial charge in [0.2, 0.25) is 10.0 Å². The van der Waals surface area contributed by atoms with Crippen LogP contribution < -0.4 is 9.46 Å². The van der Waals surface area contributed by atoms with Gasteiger partial charge in [-0.25, -0.2) is 17.5 Å². The van der Waals surface area contributed by atoms with E-state index >= 15 is 4.39 Å². The van der Waals surface area contributed by atoms with E-state index in [4.69, 9.17) is 4.74 Å². The van der Waals surface area contributed by atoms with Crippen molar-refractivity contribution in [3.63, 3.8) is 0 Å². The van der Waals surface area contributed by atoms with Gasteiger partial charge >= 0.3 is 0 Å². The summed E-state index contributed by atoms with van der Waals surface area (Å²) in [4.78, 5) is 0. The molecule has 3 rings (SSSR count). The molecule has 0 spiro atoms. The fourth-order valence-electron chi connectivity index (χ4n) is 3.47. The predicted molar refractivity (Wildman–Crippen MR) is 107 cm³/mol. The van der Waals surface area contributed by atoms with E-state index in [0.717, 1.165) is 0 Å². The van der Waals surface area contributed by atoms with Crippen LogP contribution in [0.2, 0.25) is 0 Å². The summed E-state index contributed by atoms with van der Waals surface area (Å²) in [5, 5.41) is 7.04. The van der Waals surface area contributed by atoms with Crippen LogP contribution in [0.3, 0.4) is 0 Å². The Morgan fingerprint density at radius 3 is 2.50 bits per heavy atom. The third-order valence-electron chi connectivity index (χ3n) is 5.34. The van der Waals surface area contributed by atoms with Gasteiger partial charge in [0.15, 0.2) is 5.82 Å². The molecule has 1 aliphatic carbocycles. The summed E-state index contributed by atoms with van der Waals surface area (Å²) in [6.07, 6.45) is 2.75. The van der Waals surface area contributed by atoms with Crippen LogP contribution in [0, 0.1) is 5.82 Å². The van der Waals surface area contributed by atoms with Crippen molar-refractivity contribution in [1.82, 2.24) is 14.9 Å². The summed E-state index contributed by atoms with van der Waals surface area (Å²) in [6.45, 7) is 5.04. The molecule has 0 aliphatic heterocycles. The SMILES string of the molecule is COc1cccc(-c2n[nH]c(C3CCC(NS(=O)(=O)C(C)(C)C)CC3)c2F)c1. The summed E-state index contributed by atoms with van der Waals surface area (Å²) in [5.74, 6) is 0.308. The van der Waals surface area contributed by atoms with Gasteiger partial charge in [-0.2, -0.15) is 5.10 Å². The lowest BCUT2D eigenvalue weighted by Gasteiger charge is -2.30. The molecule has 1 aliphatic rings. The summed E-state index contributed by atoms with van der Waals surface area (Å²) in [5.41, 5.74) is 1.44. The lowest BCUT2D eigenvalue weighted by atomic mass is 9.84. The number of aromatic amines is 1. The van der Waals surface area contributed by atoms with Gasteiger partial charge in [-0.1, -0.05) is 12.1 Å².